The van der Waals surface area contributed by atoms with Gasteiger partial charge in [0.25, 0.3) is 0 Å². The molecule has 7 heteroatoms. The Hall–Kier alpha value is -0.490. The lowest BCUT2D eigenvalue weighted by atomic mass is 9.99. The van der Waals surface area contributed by atoms with E-state index >= 15 is 0 Å². The number of hydrogen-bond donors (Lipinski definition) is 1. The van der Waals surface area contributed by atoms with Crippen molar-refractivity contribution >= 4 is 23.2 Å². The first-order valence-corrected chi connectivity index (χ1v) is 7.59. The maximum absolute atomic E-state index is 12.6. The molecule has 1 atom stereocenters. The van der Waals surface area contributed by atoms with E-state index in [-0.39, 0.29) is 12.5 Å². The molecule has 2 rings (SSSR count). The summed E-state index contributed by atoms with van der Waals surface area (Å²) in [5.74, 6) is 0. The number of halogens is 5. The summed E-state index contributed by atoms with van der Waals surface area (Å²) in [6.45, 7) is 2.96. The number of rotatable bonds is 4. The number of nitrogens with one attached hydrogen (secondary N) is 1. The third-order valence-electron chi connectivity index (χ3n) is 3.62. The molecule has 1 heterocycles. The molecule has 2 nitrogen and oxygen atoms in total. The molecule has 1 aromatic carbocycles. The summed E-state index contributed by atoms with van der Waals surface area (Å²) >= 11 is 12.1. The van der Waals surface area contributed by atoms with Crippen LogP contribution in [0.1, 0.15) is 24.4 Å². The molecule has 0 radical (unpaired) electrons. The molecule has 1 saturated heterocycles. The third-order valence-corrected chi connectivity index (χ3v) is 4.18. The van der Waals surface area contributed by atoms with Gasteiger partial charge in [0.05, 0.1) is 0 Å². The molecule has 0 amide bonds. The Bertz CT molecular complexity index is 474. The first kappa shape index (κ1) is 16.9. The minimum atomic E-state index is -4.16. The van der Waals surface area contributed by atoms with Crippen LogP contribution in [0.4, 0.5) is 13.2 Å². The van der Waals surface area contributed by atoms with Gasteiger partial charge in [0.2, 0.25) is 0 Å². The Morgan fingerprint density at radius 1 is 1.19 bits per heavy atom. The predicted molar refractivity (Wildman–Crippen MR) is 78.9 cm³/mol. The quantitative estimate of drug-likeness (QED) is 0.879. The lowest BCUT2D eigenvalue weighted by molar-refractivity contribution is -0.138. The summed E-state index contributed by atoms with van der Waals surface area (Å²) in [5, 5.41) is 4.11. The van der Waals surface area contributed by atoms with E-state index in [4.69, 9.17) is 23.2 Å². The summed E-state index contributed by atoms with van der Waals surface area (Å²) in [5.41, 5.74) is 0.715. The average Bonchev–Trinajstić information content (AvgIpc) is 2.41. The predicted octanol–water partition coefficient (Wildman–Crippen LogP) is 4.28. The second-order valence-electron chi connectivity index (χ2n) is 5.12. The molecule has 1 aliphatic rings. The van der Waals surface area contributed by atoms with Crippen LogP contribution < -0.4 is 5.32 Å². The van der Waals surface area contributed by atoms with Crippen LogP contribution >= 0.6 is 23.2 Å². The SMILES string of the molecule is FC(F)(F)CC[C@H](c1ccc(Cl)cc1Cl)N1CCNCC1. The molecule has 1 aliphatic heterocycles. The van der Waals surface area contributed by atoms with E-state index < -0.39 is 12.6 Å². The Kier molecular flexibility index (Phi) is 5.77. The fraction of sp³-hybridized carbons (Fsp3) is 0.571. The zero-order chi connectivity index (χ0) is 15.5. The molecule has 21 heavy (non-hydrogen) atoms. The van der Waals surface area contributed by atoms with E-state index in [9.17, 15) is 13.2 Å². The topological polar surface area (TPSA) is 15.3 Å². The van der Waals surface area contributed by atoms with E-state index in [1.165, 1.54) is 0 Å². The molecule has 1 aromatic rings. The summed E-state index contributed by atoms with van der Waals surface area (Å²) < 4.78 is 37.7. The van der Waals surface area contributed by atoms with Crippen LogP contribution in [0.15, 0.2) is 18.2 Å². The van der Waals surface area contributed by atoms with E-state index in [1.807, 2.05) is 0 Å². The molecule has 1 fully saturated rings. The fourth-order valence-electron chi connectivity index (χ4n) is 2.60. The molecule has 0 unspecified atom stereocenters. The molecule has 118 valence electrons. The number of nitrogens with zero attached hydrogens (tertiary/aromatic N) is 1. The van der Waals surface area contributed by atoms with Crippen molar-refractivity contribution in [2.75, 3.05) is 26.2 Å². The molecule has 0 spiro atoms. The zero-order valence-corrected chi connectivity index (χ0v) is 12.9. The normalized spacial score (nSPS) is 18.7. The van der Waals surface area contributed by atoms with Crippen LogP contribution in [0.3, 0.4) is 0 Å². The lowest BCUT2D eigenvalue weighted by Gasteiger charge is -2.36. The molecule has 0 aromatic heterocycles. The van der Waals surface area contributed by atoms with Gasteiger partial charge in [-0.2, -0.15) is 13.2 Å². The van der Waals surface area contributed by atoms with Gasteiger partial charge < -0.3 is 5.32 Å². The van der Waals surface area contributed by atoms with Crippen molar-refractivity contribution in [3.8, 4) is 0 Å². The van der Waals surface area contributed by atoms with Crippen molar-refractivity contribution < 1.29 is 13.2 Å². The summed E-state index contributed by atoms with van der Waals surface area (Å²) in [6, 6.07) is 4.65. The number of benzene rings is 1. The monoisotopic (exact) mass is 340 g/mol. The van der Waals surface area contributed by atoms with Crippen LogP contribution in [-0.4, -0.2) is 37.3 Å². The van der Waals surface area contributed by atoms with Gasteiger partial charge in [-0.05, 0) is 24.1 Å². The van der Waals surface area contributed by atoms with Crippen molar-refractivity contribution in [2.24, 2.45) is 0 Å². The minimum absolute atomic E-state index is 0.00481. The highest BCUT2D eigenvalue weighted by Gasteiger charge is 2.32. The van der Waals surface area contributed by atoms with Crippen molar-refractivity contribution in [2.45, 2.75) is 25.1 Å². The van der Waals surface area contributed by atoms with Gasteiger partial charge in [-0.3, -0.25) is 4.90 Å². The van der Waals surface area contributed by atoms with E-state index in [0.29, 0.717) is 28.7 Å². The van der Waals surface area contributed by atoms with Crippen molar-refractivity contribution in [3.05, 3.63) is 33.8 Å². The fourth-order valence-corrected chi connectivity index (χ4v) is 3.14. The maximum atomic E-state index is 12.6. The van der Waals surface area contributed by atoms with Gasteiger partial charge in [0.15, 0.2) is 0 Å². The standard InChI is InChI=1S/C14H17Cl2F3N2/c15-10-1-2-11(12(16)9-10)13(3-4-14(17,18)19)21-7-5-20-6-8-21/h1-2,9,13,20H,3-8H2/t13-/m1/s1. The van der Waals surface area contributed by atoms with Gasteiger partial charge in [-0.1, -0.05) is 29.3 Å². The third kappa shape index (κ3) is 5.02. The van der Waals surface area contributed by atoms with Crippen LogP contribution in [0.25, 0.3) is 0 Å². The average molecular weight is 341 g/mol. The van der Waals surface area contributed by atoms with Crippen molar-refractivity contribution in [3.63, 3.8) is 0 Å². The molecule has 1 N–H and O–H groups in total. The zero-order valence-electron chi connectivity index (χ0n) is 11.4. The van der Waals surface area contributed by atoms with Crippen LogP contribution in [0.5, 0.6) is 0 Å². The van der Waals surface area contributed by atoms with Crippen LogP contribution in [0.2, 0.25) is 10.0 Å². The van der Waals surface area contributed by atoms with E-state index in [0.717, 1.165) is 13.1 Å². The Labute approximate surface area is 132 Å². The highest BCUT2D eigenvalue weighted by atomic mass is 35.5. The van der Waals surface area contributed by atoms with Gasteiger partial charge in [0, 0.05) is 48.7 Å². The Morgan fingerprint density at radius 2 is 1.86 bits per heavy atom. The first-order valence-electron chi connectivity index (χ1n) is 6.83. The molecule has 0 aliphatic carbocycles. The second-order valence-corrected chi connectivity index (χ2v) is 5.97. The molecule has 0 bridgehead atoms. The molecule has 0 saturated carbocycles. The minimum Gasteiger partial charge on any atom is -0.314 e. The smallest absolute Gasteiger partial charge is 0.314 e. The highest BCUT2D eigenvalue weighted by Crippen LogP contribution is 2.35. The largest absolute Gasteiger partial charge is 0.389 e. The maximum Gasteiger partial charge on any atom is 0.389 e. The number of hydrogen-bond acceptors (Lipinski definition) is 2. The number of piperazine rings is 1. The Morgan fingerprint density at radius 3 is 2.43 bits per heavy atom. The van der Waals surface area contributed by atoms with Crippen LogP contribution in [0, 0.1) is 0 Å². The van der Waals surface area contributed by atoms with Gasteiger partial charge >= 0.3 is 6.18 Å². The van der Waals surface area contributed by atoms with E-state index in [1.54, 1.807) is 18.2 Å². The van der Waals surface area contributed by atoms with E-state index in [2.05, 4.69) is 10.2 Å². The van der Waals surface area contributed by atoms with Crippen molar-refractivity contribution in [1.82, 2.24) is 10.2 Å². The number of alkyl halides is 3. The molecular formula is C14H17Cl2F3N2. The Balaban J connectivity index is 2.21. The molecular weight excluding hydrogens is 324 g/mol. The van der Waals surface area contributed by atoms with Crippen LogP contribution in [-0.2, 0) is 0 Å². The lowest BCUT2D eigenvalue weighted by Crippen LogP contribution is -2.45. The summed E-state index contributed by atoms with van der Waals surface area (Å²) in [7, 11) is 0. The highest BCUT2D eigenvalue weighted by molar-refractivity contribution is 6.35. The summed E-state index contributed by atoms with van der Waals surface area (Å²) in [4.78, 5) is 2.05. The first-order chi connectivity index (χ1) is 9.87. The summed E-state index contributed by atoms with van der Waals surface area (Å²) in [6.07, 6.45) is -4.98. The second kappa shape index (κ2) is 7.18. The van der Waals surface area contributed by atoms with Gasteiger partial charge in [-0.25, -0.2) is 0 Å². The van der Waals surface area contributed by atoms with Gasteiger partial charge in [0.1, 0.15) is 0 Å². The van der Waals surface area contributed by atoms with Gasteiger partial charge in [-0.15, -0.1) is 0 Å². The van der Waals surface area contributed by atoms with Crippen molar-refractivity contribution in [1.29, 1.82) is 0 Å².